The zero-order chi connectivity index (χ0) is 16.6. The van der Waals surface area contributed by atoms with Crippen molar-refractivity contribution < 1.29 is 5.21 Å². The molecule has 24 heavy (non-hydrogen) atoms. The fourth-order valence-electron chi connectivity index (χ4n) is 2.59. The van der Waals surface area contributed by atoms with Gasteiger partial charge in [-0.05, 0) is 29.7 Å². The number of hydrogen-bond acceptors (Lipinski definition) is 3. The predicted molar refractivity (Wildman–Crippen MR) is 97.3 cm³/mol. The number of rotatable bonds is 5. The average Bonchev–Trinajstić information content (AvgIpc) is 2.65. The Hall–Kier alpha value is -3.20. The highest BCUT2D eigenvalue weighted by atomic mass is 16.4. The van der Waals surface area contributed by atoms with Crippen molar-refractivity contribution in [2.24, 2.45) is 5.16 Å². The lowest BCUT2D eigenvalue weighted by Crippen LogP contribution is -2.07. The van der Waals surface area contributed by atoms with Crippen LogP contribution < -0.4 is 0 Å². The Labute approximate surface area is 141 Å². The third-order valence-corrected chi connectivity index (χ3v) is 3.77. The molecule has 1 N–H and O–H groups in total. The van der Waals surface area contributed by atoms with Gasteiger partial charge in [0.15, 0.2) is 0 Å². The van der Waals surface area contributed by atoms with Crippen LogP contribution in [-0.4, -0.2) is 15.9 Å². The molecule has 3 heteroatoms. The van der Waals surface area contributed by atoms with Gasteiger partial charge < -0.3 is 5.21 Å². The Morgan fingerprint density at radius 2 is 1.62 bits per heavy atom. The van der Waals surface area contributed by atoms with Crippen LogP contribution in [0.1, 0.15) is 22.3 Å². The van der Waals surface area contributed by atoms with Gasteiger partial charge in [0.2, 0.25) is 0 Å². The second-order valence-corrected chi connectivity index (χ2v) is 5.36. The van der Waals surface area contributed by atoms with E-state index in [0.717, 1.165) is 23.1 Å². The molecule has 0 radical (unpaired) electrons. The minimum atomic E-state index is 0.557. The maximum Gasteiger partial charge on any atom is 0.117 e. The van der Waals surface area contributed by atoms with Crippen LogP contribution in [0.15, 0.2) is 90.4 Å². The van der Waals surface area contributed by atoms with E-state index in [1.165, 1.54) is 5.56 Å². The van der Waals surface area contributed by atoms with Crippen LogP contribution in [0.2, 0.25) is 0 Å². The molecule has 2 aromatic carbocycles. The summed E-state index contributed by atoms with van der Waals surface area (Å²) in [6.45, 7) is 0. The van der Waals surface area contributed by atoms with Gasteiger partial charge in [0.1, 0.15) is 5.71 Å². The van der Waals surface area contributed by atoms with E-state index in [9.17, 15) is 5.21 Å². The fraction of sp³-hybridized carbons (Fsp3) is 0.0476. The summed E-state index contributed by atoms with van der Waals surface area (Å²) in [7, 11) is 0. The molecule has 0 aliphatic carbocycles. The largest absolute Gasteiger partial charge is 0.410 e. The van der Waals surface area contributed by atoms with Crippen molar-refractivity contribution in [3.8, 4) is 0 Å². The molecular weight excluding hydrogens is 296 g/mol. The lowest BCUT2D eigenvalue weighted by Gasteiger charge is -2.09. The summed E-state index contributed by atoms with van der Waals surface area (Å²) in [5.74, 6) is 0. The molecule has 0 fully saturated rings. The van der Waals surface area contributed by atoms with E-state index in [0.29, 0.717) is 5.71 Å². The lowest BCUT2D eigenvalue weighted by molar-refractivity contribution is 0.319. The summed E-state index contributed by atoms with van der Waals surface area (Å²) in [4.78, 5) is 4.01. The first-order valence-electron chi connectivity index (χ1n) is 7.81. The van der Waals surface area contributed by atoms with Crippen LogP contribution >= 0.6 is 0 Å². The first-order valence-corrected chi connectivity index (χ1v) is 7.81. The van der Waals surface area contributed by atoms with Crippen LogP contribution in [0.25, 0.3) is 6.08 Å². The number of hydrogen-bond donors (Lipinski definition) is 1. The van der Waals surface area contributed by atoms with Crippen LogP contribution in [-0.2, 0) is 6.42 Å². The van der Waals surface area contributed by atoms with Crippen LogP contribution in [0.3, 0.4) is 0 Å². The smallest absolute Gasteiger partial charge is 0.117 e. The fourth-order valence-corrected chi connectivity index (χ4v) is 2.59. The molecule has 3 rings (SSSR count). The third kappa shape index (κ3) is 3.76. The van der Waals surface area contributed by atoms with E-state index >= 15 is 0 Å². The lowest BCUT2D eigenvalue weighted by atomic mass is 9.96. The summed E-state index contributed by atoms with van der Waals surface area (Å²) in [6.07, 6.45) is 8.36. The van der Waals surface area contributed by atoms with Gasteiger partial charge in [-0.1, -0.05) is 71.9 Å². The first kappa shape index (κ1) is 15.7. The van der Waals surface area contributed by atoms with E-state index in [-0.39, 0.29) is 0 Å². The van der Waals surface area contributed by atoms with Crippen LogP contribution in [0.5, 0.6) is 0 Å². The highest BCUT2D eigenvalue weighted by Gasteiger charge is 2.11. The molecule has 118 valence electrons. The van der Waals surface area contributed by atoms with Gasteiger partial charge in [0, 0.05) is 23.5 Å². The standard InChI is InChI=1S/C21H18N2O/c24-23-21(19-13-15-22-16-14-19)20-12-5-4-10-18(20)11-6-9-17-7-2-1-3-8-17/h1-10,12-16,24H,11H2. The first-order chi connectivity index (χ1) is 11.9. The summed E-state index contributed by atoms with van der Waals surface area (Å²) in [6, 6.07) is 21.8. The van der Waals surface area contributed by atoms with Gasteiger partial charge in [-0.25, -0.2) is 0 Å². The minimum Gasteiger partial charge on any atom is -0.410 e. The van der Waals surface area contributed by atoms with Gasteiger partial charge in [-0.15, -0.1) is 0 Å². The number of nitrogens with zero attached hydrogens (tertiary/aromatic N) is 2. The van der Waals surface area contributed by atoms with E-state index in [2.05, 4.69) is 40.5 Å². The molecule has 1 aromatic heterocycles. The van der Waals surface area contributed by atoms with Crippen molar-refractivity contribution in [2.75, 3.05) is 0 Å². The number of allylic oxidation sites excluding steroid dienone is 1. The summed E-state index contributed by atoms with van der Waals surface area (Å²) >= 11 is 0. The quantitative estimate of drug-likeness (QED) is 0.426. The molecule has 1 heterocycles. The zero-order valence-electron chi connectivity index (χ0n) is 13.2. The summed E-state index contributed by atoms with van der Waals surface area (Å²) in [5.41, 5.74) is 4.59. The summed E-state index contributed by atoms with van der Waals surface area (Å²) in [5, 5.41) is 13.0. The van der Waals surface area contributed by atoms with E-state index in [1.807, 2.05) is 48.5 Å². The Kier molecular flexibility index (Phi) is 5.15. The number of benzene rings is 2. The van der Waals surface area contributed by atoms with Crippen molar-refractivity contribution in [3.05, 3.63) is 107 Å². The monoisotopic (exact) mass is 314 g/mol. The van der Waals surface area contributed by atoms with Crippen LogP contribution in [0.4, 0.5) is 0 Å². The maximum absolute atomic E-state index is 9.51. The molecule has 0 amide bonds. The van der Waals surface area contributed by atoms with Gasteiger partial charge >= 0.3 is 0 Å². The number of aromatic nitrogens is 1. The van der Waals surface area contributed by atoms with Gasteiger partial charge in [-0.3, -0.25) is 4.98 Å². The van der Waals surface area contributed by atoms with E-state index < -0.39 is 0 Å². The number of pyridine rings is 1. The molecule has 3 nitrogen and oxygen atoms in total. The Bertz CT molecular complexity index is 840. The molecular formula is C21H18N2O. The molecule has 0 aliphatic heterocycles. The van der Waals surface area contributed by atoms with E-state index in [4.69, 9.17) is 0 Å². The molecule has 0 bridgehead atoms. The second kappa shape index (κ2) is 7.88. The molecule has 0 aliphatic rings. The zero-order valence-corrected chi connectivity index (χ0v) is 13.2. The van der Waals surface area contributed by atoms with Crippen molar-refractivity contribution in [2.45, 2.75) is 6.42 Å². The molecule has 0 saturated carbocycles. The molecule has 3 aromatic rings. The van der Waals surface area contributed by atoms with E-state index in [1.54, 1.807) is 12.4 Å². The summed E-state index contributed by atoms with van der Waals surface area (Å²) < 4.78 is 0. The molecule has 0 unspecified atom stereocenters. The highest BCUT2D eigenvalue weighted by Crippen LogP contribution is 2.17. The van der Waals surface area contributed by atoms with Crippen molar-refractivity contribution >= 4 is 11.8 Å². The van der Waals surface area contributed by atoms with Gasteiger partial charge in [0.05, 0.1) is 0 Å². The van der Waals surface area contributed by atoms with Crippen molar-refractivity contribution in [3.63, 3.8) is 0 Å². The van der Waals surface area contributed by atoms with Crippen molar-refractivity contribution in [1.29, 1.82) is 0 Å². The minimum absolute atomic E-state index is 0.557. The molecule has 0 saturated heterocycles. The Balaban J connectivity index is 1.87. The highest BCUT2D eigenvalue weighted by molar-refractivity contribution is 6.13. The topological polar surface area (TPSA) is 45.5 Å². The SMILES string of the molecule is ON=C(c1ccncc1)c1ccccc1CC=Cc1ccccc1. The Morgan fingerprint density at radius 1 is 0.917 bits per heavy atom. The predicted octanol–water partition coefficient (Wildman–Crippen LogP) is 4.56. The normalized spacial score (nSPS) is 11.8. The second-order valence-electron chi connectivity index (χ2n) is 5.36. The third-order valence-electron chi connectivity index (χ3n) is 3.77. The van der Waals surface area contributed by atoms with Crippen molar-refractivity contribution in [1.82, 2.24) is 4.98 Å². The Morgan fingerprint density at radius 3 is 2.38 bits per heavy atom. The van der Waals surface area contributed by atoms with Gasteiger partial charge in [-0.2, -0.15) is 0 Å². The maximum atomic E-state index is 9.51. The van der Waals surface area contributed by atoms with Gasteiger partial charge in [0.25, 0.3) is 0 Å². The molecule has 0 atom stereocenters. The average molecular weight is 314 g/mol. The molecule has 0 spiro atoms. The number of oxime groups is 1. The van der Waals surface area contributed by atoms with Crippen LogP contribution in [0, 0.1) is 0 Å².